The Labute approximate surface area is 150 Å². The average Bonchev–Trinajstić information content (AvgIpc) is 2.52. The maximum Gasteiger partial charge on any atom is 0.317 e. The summed E-state index contributed by atoms with van der Waals surface area (Å²) >= 11 is 0. The van der Waals surface area contributed by atoms with Crippen molar-refractivity contribution < 1.29 is 14.3 Å². The third-order valence-electron chi connectivity index (χ3n) is 4.19. The van der Waals surface area contributed by atoms with Crippen LogP contribution in [0.1, 0.15) is 42.3 Å². The smallest absolute Gasteiger partial charge is 0.317 e. The fourth-order valence-corrected chi connectivity index (χ4v) is 3.07. The predicted octanol–water partition coefficient (Wildman–Crippen LogP) is 2.58. The van der Waals surface area contributed by atoms with Crippen molar-refractivity contribution in [2.45, 2.75) is 40.2 Å². The molecule has 1 aromatic carbocycles. The highest BCUT2D eigenvalue weighted by molar-refractivity contribution is 5.97. The van der Waals surface area contributed by atoms with Gasteiger partial charge in [-0.15, -0.1) is 0 Å². The molecule has 0 saturated carbocycles. The van der Waals surface area contributed by atoms with Crippen LogP contribution < -0.4 is 10.1 Å². The fourth-order valence-electron chi connectivity index (χ4n) is 3.07. The van der Waals surface area contributed by atoms with Gasteiger partial charge >= 0.3 is 6.03 Å². The largest absolute Gasteiger partial charge is 0.496 e. The van der Waals surface area contributed by atoms with Crippen LogP contribution >= 0.6 is 0 Å². The van der Waals surface area contributed by atoms with E-state index in [9.17, 15) is 9.59 Å². The van der Waals surface area contributed by atoms with E-state index in [1.807, 2.05) is 46.8 Å². The third-order valence-corrected chi connectivity index (χ3v) is 4.19. The molecule has 6 nitrogen and oxygen atoms in total. The van der Waals surface area contributed by atoms with E-state index in [2.05, 4.69) is 5.32 Å². The Balaban J connectivity index is 2.06. The minimum Gasteiger partial charge on any atom is -0.496 e. The molecule has 0 radical (unpaired) electrons. The van der Waals surface area contributed by atoms with Gasteiger partial charge in [-0.3, -0.25) is 4.79 Å². The number of hydrogen-bond donors (Lipinski definition) is 1. The first-order chi connectivity index (χ1) is 11.6. The second-order valence-electron chi connectivity index (χ2n) is 7.62. The summed E-state index contributed by atoms with van der Waals surface area (Å²) in [4.78, 5) is 28.7. The van der Waals surface area contributed by atoms with Gasteiger partial charge in [-0.2, -0.15) is 0 Å². The molecular formula is C19H29N3O3. The van der Waals surface area contributed by atoms with Crippen molar-refractivity contribution >= 4 is 11.9 Å². The lowest BCUT2D eigenvalue weighted by atomic mass is 10.0. The number of piperazine rings is 1. The summed E-state index contributed by atoms with van der Waals surface area (Å²) < 4.78 is 5.44. The number of urea groups is 1. The summed E-state index contributed by atoms with van der Waals surface area (Å²) in [6, 6.07) is 3.79. The number of aryl methyl sites for hydroxylation is 2. The maximum absolute atomic E-state index is 12.9. The molecule has 0 aromatic heterocycles. The van der Waals surface area contributed by atoms with Crippen LogP contribution in [-0.4, -0.2) is 60.6 Å². The lowest BCUT2D eigenvalue weighted by Gasteiger charge is -2.36. The quantitative estimate of drug-likeness (QED) is 0.894. The number of ether oxygens (including phenoxy) is 1. The molecule has 25 heavy (non-hydrogen) atoms. The van der Waals surface area contributed by atoms with E-state index < -0.39 is 0 Å². The van der Waals surface area contributed by atoms with E-state index in [-0.39, 0.29) is 17.5 Å². The molecule has 0 unspecified atom stereocenters. The van der Waals surface area contributed by atoms with E-state index >= 15 is 0 Å². The summed E-state index contributed by atoms with van der Waals surface area (Å²) in [5, 5.41) is 2.96. The average molecular weight is 347 g/mol. The van der Waals surface area contributed by atoms with Crippen LogP contribution in [0.5, 0.6) is 5.75 Å². The first-order valence-electron chi connectivity index (χ1n) is 8.64. The SMILES string of the molecule is COc1c(C)cc(C)cc1C(=O)N1CCN(C(=O)NC(C)(C)C)CC1. The van der Waals surface area contributed by atoms with Crippen molar-refractivity contribution in [3.05, 3.63) is 28.8 Å². The number of rotatable bonds is 2. The molecule has 138 valence electrons. The molecule has 0 atom stereocenters. The highest BCUT2D eigenvalue weighted by Gasteiger charge is 2.28. The number of carbonyl (C=O) groups excluding carboxylic acids is 2. The van der Waals surface area contributed by atoms with E-state index in [1.165, 1.54) is 0 Å². The molecule has 1 aliphatic rings. The molecule has 1 aromatic rings. The van der Waals surface area contributed by atoms with Crippen molar-refractivity contribution in [1.29, 1.82) is 0 Å². The lowest BCUT2D eigenvalue weighted by Crippen LogP contribution is -2.56. The van der Waals surface area contributed by atoms with Crippen molar-refractivity contribution in [2.75, 3.05) is 33.3 Å². The highest BCUT2D eigenvalue weighted by atomic mass is 16.5. The van der Waals surface area contributed by atoms with Gasteiger partial charge in [0.05, 0.1) is 12.7 Å². The van der Waals surface area contributed by atoms with Gasteiger partial charge in [0.1, 0.15) is 5.75 Å². The first-order valence-corrected chi connectivity index (χ1v) is 8.64. The summed E-state index contributed by atoms with van der Waals surface area (Å²) in [5.74, 6) is 0.586. The van der Waals surface area contributed by atoms with Crippen LogP contribution in [0, 0.1) is 13.8 Å². The molecule has 1 N–H and O–H groups in total. The Kier molecular flexibility index (Phi) is 5.60. The van der Waals surface area contributed by atoms with Crippen molar-refractivity contribution in [3.8, 4) is 5.75 Å². The van der Waals surface area contributed by atoms with E-state index in [1.54, 1.807) is 16.9 Å². The van der Waals surface area contributed by atoms with E-state index in [4.69, 9.17) is 4.74 Å². The minimum absolute atomic E-state index is 0.0421. The molecule has 1 saturated heterocycles. The topological polar surface area (TPSA) is 61.9 Å². The number of amides is 3. The molecule has 0 aliphatic carbocycles. The molecule has 0 spiro atoms. The van der Waals surface area contributed by atoms with E-state index in [0.717, 1.165) is 11.1 Å². The van der Waals surface area contributed by atoms with Crippen molar-refractivity contribution in [1.82, 2.24) is 15.1 Å². The summed E-state index contributed by atoms with van der Waals surface area (Å²) in [7, 11) is 1.59. The second-order valence-corrected chi connectivity index (χ2v) is 7.62. The van der Waals surface area contributed by atoms with Gasteiger partial charge < -0.3 is 19.9 Å². The van der Waals surface area contributed by atoms with Gasteiger partial charge in [-0.1, -0.05) is 6.07 Å². The molecule has 1 fully saturated rings. The number of nitrogens with one attached hydrogen (secondary N) is 1. The molecular weight excluding hydrogens is 318 g/mol. The first kappa shape index (κ1) is 19.1. The summed E-state index contributed by atoms with van der Waals surface area (Å²) in [6.45, 7) is 11.9. The molecule has 3 amide bonds. The van der Waals surface area contributed by atoms with Gasteiger partial charge in [0.2, 0.25) is 0 Å². The lowest BCUT2D eigenvalue weighted by molar-refractivity contribution is 0.0657. The number of benzene rings is 1. The summed E-state index contributed by atoms with van der Waals surface area (Å²) in [6.07, 6.45) is 0. The second kappa shape index (κ2) is 7.33. The zero-order valence-electron chi connectivity index (χ0n) is 16.1. The van der Waals surface area contributed by atoms with Crippen LogP contribution in [0.4, 0.5) is 4.79 Å². The van der Waals surface area contributed by atoms with Crippen LogP contribution in [0.3, 0.4) is 0 Å². The normalized spacial score (nSPS) is 15.1. The van der Waals surface area contributed by atoms with Crippen LogP contribution in [0.15, 0.2) is 12.1 Å². The highest BCUT2D eigenvalue weighted by Crippen LogP contribution is 2.26. The van der Waals surface area contributed by atoms with Crippen LogP contribution in [-0.2, 0) is 0 Å². The Bertz CT molecular complexity index is 657. The van der Waals surface area contributed by atoms with Crippen molar-refractivity contribution in [3.63, 3.8) is 0 Å². The van der Waals surface area contributed by atoms with Gasteiger partial charge in [0.15, 0.2) is 0 Å². The fraction of sp³-hybridized carbons (Fsp3) is 0.579. The molecule has 2 rings (SSSR count). The van der Waals surface area contributed by atoms with Gasteiger partial charge in [0.25, 0.3) is 5.91 Å². The third kappa shape index (κ3) is 4.65. The predicted molar refractivity (Wildman–Crippen MR) is 98.2 cm³/mol. The Morgan fingerprint density at radius 2 is 1.60 bits per heavy atom. The van der Waals surface area contributed by atoms with E-state index in [0.29, 0.717) is 37.5 Å². The number of carbonyl (C=O) groups is 2. The minimum atomic E-state index is -0.267. The number of methoxy groups -OCH3 is 1. The van der Waals surface area contributed by atoms with Crippen molar-refractivity contribution in [2.24, 2.45) is 0 Å². The van der Waals surface area contributed by atoms with Gasteiger partial charge in [-0.05, 0) is 51.8 Å². The summed E-state index contributed by atoms with van der Waals surface area (Å²) in [5.41, 5.74) is 2.31. The zero-order valence-corrected chi connectivity index (χ0v) is 16.1. The van der Waals surface area contributed by atoms with Crippen LogP contribution in [0.25, 0.3) is 0 Å². The van der Waals surface area contributed by atoms with Crippen LogP contribution in [0.2, 0.25) is 0 Å². The monoisotopic (exact) mass is 347 g/mol. The van der Waals surface area contributed by atoms with Gasteiger partial charge in [0, 0.05) is 31.7 Å². The maximum atomic E-state index is 12.9. The number of nitrogens with zero attached hydrogens (tertiary/aromatic N) is 2. The van der Waals surface area contributed by atoms with Gasteiger partial charge in [-0.25, -0.2) is 4.79 Å². The molecule has 0 bridgehead atoms. The molecule has 1 heterocycles. The number of hydrogen-bond acceptors (Lipinski definition) is 3. The Morgan fingerprint density at radius 1 is 1.04 bits per heavy atom. The zero-order chi connectivity index (χ0) is 18.8. The Morgan fingerprint density at radius 3 is 2.12 bits per heavy atom. The molecule has 6 heteroatoms. The standard InChI is InChI=1S/C19H29N3O3/c1-13-11-14(2)16(25-6)15(12-13)17(23)21-7-9-22(10-8-21)18(24)20-19(3,4)5/h11-12H,7-10H2,1-6H3,(H,20,24). The Hall–Kier alpha value is -2.24. The molecule has 1 aliphatic heterocycles.